The minimum Gasteiger partial charge on any atom is -0.478 e. The maximum Gasteiger partial charge on any atom is 0.335 e. The molecule has 1 aliphatic rings. The largest absolute Gasteiger partial charge is 0.478 e. The van der Waals surface area contributed by atoms with Gasteiger partial charge < -0.3 is 15.3 Å². The molecule has 2 atom stereocenters. The van der Waals surface area contributed by atoms with Gasteiger partial charge in [0, 0.05) is 30.9 Å². The fraction of sp³-hybridized carbons (Fsp3) is 0.462. The quantitative estimate of drug-likeness (QED) is 0.815. The van der Waals surface area contributed by atoms with Gasteiger partial charge in [-0.15, -0.1) is 0 Å². The number of piperazine rings is 1. The third-order valence-corrected chi connectivity index (χ3v) is 3.24. The van der Waals surface area contributed by atoms with E-state index < -0.39 is 5.97 Å². The third-order valence-electron chi connectivity index (χ3n) is 3.24. The average molecular weight is 234 g/mol. The van der Waals surface area contributed by atoms with Crippen LogP contribution in [0.3, 0.4) is 0 Å². The molecule has 0 unspecified atom stereocenters. The van der Waals surface area contributed by atoms with Crippen molar-refractivity contribution in [3.8, 4) is 0 Å². The topological polar surface area (TPSA) is 52.6 Å². The lowest BCUT2D eigenvalue weighted by Crippen LogP contribution is -2.55. The van der Waals surface area contributed by atoms with Gasteiger partial charge in [0.05, 0.1) is 5.56 Å². The summed E-state index contributed by atoms with van der Waals surface area (Å²) in [5.74, 6) is -0.877. The van der Waals surface area contributed by atoms with E-state index >= 15 is 0 Å². The summed E-state index contributed by atoms with van der Waals surface area (Å²) < 4.78 is 0. The summed E-state index contributed by atoms with van der Waals surface area (Å²) in [6.07, 6.45) is 0. The fourth-order valence-electron chi connectivity index (χ4n) is 2.42. The summed E-state index contributed by atoms with van der Waals surface area (Å²) in [5.41, 5.74) is 1.43. The number of anilines is 1. The number of aromatic carboxylic acids is 1. The Labute approximate surface area is 101 Å². The van der Waals surface area contributed by atoms with Gasteiger partial charge in [-0.25, -0.2) is 4.79 Å². The number of nitrogens with one attached hydrogen (secondary N) is 1. The molecule has 17 heavy (non-hydrogen) atoms. The van der Waals surface area contributed by atoms with E-state index in [1.807, 2.05) is 12.1 Å². The standard InChI is InChI=1S/C13H18N2O2/c1-9-7-14-8-10(2)15(9)12-5-3-11(4-6-12)13(16)17/h3-6,9-10,14H,7-8H2,1-2H3,(H,16,17)/t9-,10+. The maximum absolute atomic E-state index is 10.8. The minimum absolute atomic E-state index is 0.337. The molecule has 0 aromatic heterocycles. The van der Waals surface area contributed by atoms with E-state index in [-0.39, 0.29) is 0 Å². The number of carboxylic acid groups (broad SMARTS) is 1. The highest BCUT2D eigenvalue weighted by Crippen LogP contribution is 2.22. The highest BCUT2D eigenvalue weighted by Gasteiger charge is 2.24. The van der Waals surface area contributed by atoms with Crippen molar-refractivity contribution >= 4 is 11.7 Å². The Balaban J connectivity index is 2.23. The zero-order valence-electron chi connectivity index (χ0n) is 10.2. The Morgan fingerprint density at radius 2 is 1.76 bits per heavy atom. The van der Waals surface area contributed by atoms with E-state index in [9.17, 15) is 4.79 Å². The van der Waals surface area contributed by atoms with Crippen molar-refractivity contribution in [2.45, 2.75) is 25.9 Å². The number of benzene rings is 1. The van der Waals surface area contributed by atoms with E-state index in [1.165, 1.54) is 0 Å². The second-order valence-electron chi connectivity index (χ2n) is 4.62. The van der Waals surface area contributed by atoms with Crippen LogP contribution in [0.2, 0.25) is 0 Å². The molecule has 4 nitrogen and oxygen atoms in total. The lowest BCUT2D eigenvalue weighted by molar-refractivity contribution is 0.0697. The minimum atomic E-state index is -0.877. The molecule has 0 aliphatic carbocycles. The maximum atomic E-state index is 10.8. The van der Waals surface area contributed by atoms with Gasteiger partial charge in [-0.05, 0) is 38.1 Å². The first-order chi connectivity index (χ1) is 8.09. The van der Waals surface area contributed by atoms with Crippen LogP contribution in [0.4, 0.5) is 5.69 Å². The summed E-state index contributed by atoms with van der Waals surface area (Å²) >= 11 is 0. The molecule has 1 saturated heterocycles. The average Bonchev–Trinajstić information content (AvgIpc) is 2.29. The van der Waals surface area contributed by atoms with Crippen LogP contribution in [0.25, 0.3) is 0 Å². The summed E-state index contributed by atoms with van der Waals surface area (Å²) in [6.45, 7) is 6.28. The van der Waals surface area contributed by atoms with Crippen LogP contribution in [-0.4, -0.2) is 36.2 Å². The number of hydrogen-bond donors (Lipinski definition) is 2. The molecule has 2 rings (SSSR count). The molecule has 1 aliphatic heterocycles. The number of hydrogen-bond acceptors (Lipinski definition) is 3. The number of nitrogens with zero attached hydrogens (tertiary/aromatic N) is 1. The van der Waals surface area contributed by atoms with Gasteiger partial charge in [-0.1, -0.05) is 0 Å². The molecule has 1 fully saturated rings. The van der Waals surface area contributed by atoms with Crippen LogP contribution in [-0.2, 0) is 0 Å². The molecule has 1 aromatic rings. The van der Waals surface area contributed by atoms with E-state index in [1.54, 1.807) is 12.1 Å². The van der Waals surface area contributed by atoms with Crippen molar-refractivity contribution in [1.82, 2.24) is 5.32 Å². The summed E-state index contributed by atoms with van der Waals surface area (Å²) in [4.78, 5) is 13.1. The molecule has 1 heterocycles. The lowest BCUT2D eigenvalue weighted by Gasteiger charge is -2.41. The molecule has 4 heteroatoms. The second-order valence-corrected chi connectivity index (χ2v) is 4.62. The summed E-state index contributed by atoms with van der Waals surface area (Å²) in [6, 6.07) is 7.96. The van der Waals surface area contributed by atoms with Crippen LogP contribution >= 0.6 is 0 Å². The molecule has 2 N–H and O–H groups in total. The van der Waals surface area contributed by atoms with E-state index in [2.05, 4.69) is 24.1 Å². The van der Waals surface area contributed by atoms with Gasteiger partial charge in [0.15, 0.2) is 0 Å². The van der Waals surface area contributed by atoms with Crippen LogP contribution in [0, 0.1) is 0 Å². The monoisotopic (exact) mass is 234 g/mol. The first-order valence-electron chi connectivity index (χ1n) is 5.92. The Hall–Kier alpha value is -1.55. The number of rotatable bonds is 2. The normalized spacial score (nSPS) is 24.7. The molecule has 0 amide bonds. The van der Waals surface area contributed by atoms with Gasteiger partial charge in [-0.3, -0.25) is 0 Å². The second kappa shape index (κ2) is 4.75. The molecular weight excluding hydrogens is 216 g/mol. The van der Waals surface area contributed by atoms with Crippen molar-refractivity contribution in [3.05, 3.63) is 29.8 Å². The third kappa shape index (κ3) is 2.42. The smallest absolute Gasteiger partial charge is 0.335 e. The first-order valence-corrected chi connectivity index (χ1v) is 5.92. The number of carboxylic acids is 1. The van der Waals surface area contributed by atoms with E-state index in [4.69, 9.17) is 5.11 Å². The Morgan fingerprint density at radius 1 is 1.24 bits per heavy atom. The van der Waals surface area contributed by atoms with Crippen LogP contribution in [0.1, 0.15) is 24.2 Å². The van der Waals surface area contributed by atoms with Crippen LogP contribution in [0.5, 0.6) is 0 Å². The SMILES string of the molecule is C[C@@H]1CNC[C@H](C)N1c1ccc(C(=O)O)cc1. The van der Waals surface area contributed by atoms with Gasteiger partial charge in [0.2, 0.25) is 0 Å². The lowest BCUT2D eigenvalue weighted by atomic mass is 10.1. The zero-order valence-corrected chi connectivity index (χ0v) is 10.2. The predicted molar refractivity (Wildman–Crippen MR) is 67.7 cm³/mol. The van der Waals surface area contributed by atoms with Crippen molar-refractivity contribution in [3.63, 3.8) is 0 Å². The van der Waals surface area contributed by atoms with Crippen molar-refractivity contribution in [1.29, 1.82) is 0 Å². The Kier molecular flexibility index (Phi) is 3.33. The highest BCUT2D eigenvalue weighted by molar-refractivity contribution is 5.88. The zero-order chi connectivity index (χ0) is 12.4. The van der Waals surface area contributed by atoms with Gasteiger partial charge in [0.25, 0.3) is 0 Å². The molecule has 0 bridgehead atoms. The molecule has 0 saturated carbocycles. The Morgan fingerprint density at radius 3 is 2.24 bits per heavy atom. The first kappa shape index (κ1) is 11.9. The van der Waals surface area contributed by atoms with E-state index in [0.29, 0.717) is 17.6 Å². The van der Waals surface area contributed by atoms with Gasteiger partial charge in [-0.2, -0.15) is 0 Å². The van der Waals surface area contributed by atoms with Gasteiger partial charge in [0.1, 0.15) is 0 Å². The molecule has 0 spiro atoms. The van der Waals surface area contributed by atoms with Crippen LogP contribution in [0.15, 0.2) is 24.3 Å². The molecule has 92 valence electrons. The van der Waals surface area contributed by atoms with Crippen molar-refractivity contribution in [2.24, 2.45) is 0 Å². The fourth-order valence-corrected chi connectivity index (χ4v) is 2.42. The summed E-state index contributed by atoms with van der Waals surface area (Å²) in [5, 5.41) is 12.2. The predicted octanol–water partition coefficient (Wildman–Crippen LogP) is 1.57. The highest BCUT2D eigenvalue weighted by atomic mass is 16.4. The van der Waals surface area contributed by atoms with Gasteiger partial charge >= 0.3 is 5.97 Å². The molecule has 1 aromatic carbocycles. The Bertz CT molecular complexity index is 392. The number of carbonyl (C=O) groups is 1. The van der Waals surface area contributed by atoms with E-state index in [0.717, 1.165) is 18.8 Å². The van der Waals surface area contributed by atoms with Crippen molar-refractivity contribution in [2.75, 3.05) is 18.0 Å². The van der Waals surface area contributed by atoms with Crippen molar-refractivity contribution < 1.29 is 9.90 Å². The van der Waals surface area contributed by atoms with Crippen LogP contribution < -0.4 is 10.2 Å². The molecular formula is C13H18N2O2. The molecule has 0 radical (unpaired) electrons. The summed E-state index contributed by atoms with van der Waals surface area (Å²) in [7, 11) is 0.